The summed E-state index contributed by atoms with van der Waals surface area (Å²) in [6, 6.07) is 23.3. The zero-order valence-electron chi connectivity index (χ0n) is 18.5. The van der Waals surface area contributed by atoms with Crippen molar-refractivity contribution in [3.05, 3.63) is 89.6 Å². The van der Waals surface area contributed by atoms with Crippen LogP contribution >= 0.6 is 0 Å². The number of morpholine rings is 1. The number of rotatable bonds is 4. The number of aryl methyl sites for hydroxylation is 1. The molecular weight excluding hydrogens is 414 g/mol. The SMILES string of the molecule is Cn1c2ccccc2c2cc(/C=C(\NC(=O)c3ccccc3)C(=O)N3CCOCC3)ccc21. The lowest BCUT2D eigenvalue weighted by Crippen LogP contribution is -2.44. The zero-order valence-corrected chi connectivity index (χ0v) is 18.5. The minimum Gasteiger partial charge on any atom is -0.378 e. The predicted molar refractivity (Wildman–Crippen MR) is 130 cm³/mol. The number of benzene rings is 3. The molecule has 33 heavy (non-hydrogen) atoms. The summed E-state index contributed by atoms with van der Waals surface area (Å²) >= 11 is 0. The molecule has 1 aliphatic rings. The number of carbonyl (C=O) groups is 2. The van der Waals surface area contributed by atoms with Crippen molar-refractivity contribution in [2.45, 2.75) is 0 Å². The minimum absolute atomic E-state index is 0.208. The van der Waals surface area contributed by atoms with Crippen LogP contribution in [0.25, 0.3) is 27.9 Å². The second-order valence-corrected chi connectivity index (χ2v) is 8.14. The quantitative estimate of drug-likeness (QED) is 0.490. The molecule has 0 atom stereocenters. The van der Waals surface area contributed by atoms with E-state index in [9.17, 15) is 9.59 Å². The molecule has 0 spiro atoms. The molecule has 1 fully saturated rings. The van der Waals surface area contributed by atoms with Crippen LogP contribution in [0.1, 0.15) is 15.9 Å². The first-order chi connectivity index (χ1) is 16.1. The number of nitrogens with one attached hydrogen (secondary N) is 1. The summed E-state index contributed by atoms with van der Waals surface area (Å²) in [7, 11) is 2.05. The van der Waals surface area contributed by atoms with Crippen molar-refractivity contribution >= 4 is 39.7 Å². The topological polar surface area (TPSA) is 63.6 Å². The molecule has 1 saturated heterocycles. The third-order valence-corrected chi connectivity index (χ3v) is 6.06. The van der Waals surface area contributed by atoms with Crippen LogP contribution < -0.4 is 5.32 Å². The van der Waals surface area contributed by atoms with Crippen LogP contribution in [-0.4, -0.2) is 47.6 Å². The number of nitrogens with zero attached hydrogens (tertiary/aromatic N) is 2. The standard InChI is InChI=1S/C27H25N3O3/c1-29-24-10-6-5-9-21(24)22-17-19(11-12-25(22)29)18-23(27(32)30-13-15-33-16-14-30)28-26(31)20-7-3-2-4-8-20/h2-12,17-18H,13-16H2,1H3,(H,28,31)/b23-18-. The molecule has 1 aliphatic heterocycles. The summed E-state index contributed by atoms with van der Waals surface area (Å²) in [6.45, 7) is 1.99. The highest BCUT2D eigenvalue weighted by Crippen LogP contribution is 2.29. The molecule has 0 radical (unpaired) electrons. The van der Waals surface area contributed by atoms with Crippen LogP contribution in [0.5, 0.6) is 0 Å². The molecule has 1 N–H and O–H groups in total. The van der Waals surface area contributed by atoms with Crippen LogP contribution in [0.3, 0.4) is 0 Å². The molecule has 2 amide bonds. The average Bonchev–Trinajstić information content (AvgIpc) is 3.16. The fourth-order valence-electron chi connectivity index (χ4n) is 4.31. The number of amides is 2. The highest BCUT2D eigenvalue weighted by molar-refractivity contribution is 6.09. The Bertz CT molecular complexity index is 1370. The molecule has 1 aromatic heterocycles. The number of aromatic nitrogens is 1. The van der Waals surface area contributed by atoms with Crippen LogP contribution in [0.4, 0.5) is 0 Å². The molecule has 0 saturated carbocycles. The van der Waals surface area contributed by atoms with Crippen molar-refractivity contribution in [1.82, 2.24) is 14.8 Å². The third kappa shape index (κ3) is 4.13. The number of ether oxygens (including phenoxy) is 1. The van der Waals surface area contributed by atoms with Crippen molar-refractivity contribution in [3.8, 4) is 0 Å². The summed E-state index contributed by atoms with van der Waals surface area (Å²) in [6.07, 6.45) is 1.76. The first kappa shape index (κ1) is 21.0. The van der Waals surface area contributed by atoms with Gasteiger partial charge in [-0.1, -0.05) is 42.5 Å². The van der Waals surface area contributed by atoms with Gasteiger partial charge in [0.2, 0.25) is 0 Å². The zero-order chi connectivity index (χ0) is 22.8. The van der Waals surface area contributed by atoms with E-state index in [1.807, 2.05) is 31.3 Å². The van der Waals surface area contributed by atoms with Gasteiger partial charge >= 0.3 is 0 Å². The van der Waals surface area contributed by atoms with Crippen molar-refractivity contribution in [2.75, 3.05) is 26.3 Å². The smallest absolute Gasteiger partial charge is 0.270 e. The van der Waals surface area contributed by atoms with Gasteiger partial charge in [-0.3, -0.25) is 9.59 Å². The molecule has 0 unspecified atom stereocenters. The molecular formula is C27H25N3O3. The van der Waals surface area contributed by atoms with Gasteiger partial charge in [0.05, 0.1) is 13.2 Å². The van der Waals surface area contributed by atoms with E-state index in [2.05, 4.69) is 34.1 Å². The number of fused-ring (bicyclic) bond motifs is 3. The summed E-state index contributed by atoms with van der Waals surface area (Å²) in [5.74, 6) is -0.518. The summed E-state index contributed by atoms with van der Waals surface area (Å²) in [4.78, 5) is 27.9. The maximum atomic E-state index is 13.3. The van der Waals surface area contributed by atoms with Crippen molar-refractivity contribution in [2.24, 2.45) is 7.05 Å². The van der Waals surface area contributed by atoms with Gasteiger partial charge in [0.15, 0.2) is 0 Å². The monoisotopic (exact) mass is 439 g/mol. The van der Waals surface area contributed by atoms with Crippen molar-refractivity contribution in [1.29, 1.82) is 0 Å². The maximum absolute atomic E-state index is 13.3. The van der Waals surface area contributed by atoms with Gasteiger partial charge in [-0.15, -0.1) is 0 Å². The molecule has 166 valence electrons. The second-order valence-electron chi connectivity index (χ2n) is 8.14. The predicted octanol–water partition coefficient (Wildman–Crippen LogP) is 3.96. The lowest BCUT2D eigenvalue weighted by atomic mass is 10.1. The van der Waals surface area contributed by atoms with Gasteiger partial charge in [0.25, 0.3) is 11.8 Å². The second kappa shape index (κ2) is 8.92. The van der Waals surface area contributed by atoms with E-state index in [-0.39, 0.29) is 17.5 Å². The van der Waals surface area contributed by atoms with Gasteiger partial charge in [-0.2, -0.15) is 0 Å². The molecule has 0 aliphatic carbocycles. The van der Waals surface area contributed by atoms with Gasteiger partial charge < -0.3 is 19.5 Å². The van der Waals surface area contributed by atoms with E-state index in [4.69, 9.17) is 4.74 Å². The van der Waals surface area contributed by atoms with Crippen LogP contribution in [0.15, 0.2) is 78.5 Å². The van der Waals surface area contributed by atoms with E-state index in [1.165, 1.54) is 0 Å². The Morgan fingerprint density at radius 1 is 0.879 bits per heavy atom. The highest BCUT2D eigenvalue weighted by Gasteiger charge is 2.23. The number of hydrogen-bond donors (Lipinski definition) is 1. The highest BCUT2D eigenvalue weighted by atomic mass is 16.5. The van der Waals surface area contributed by atoms with Crippen LogP contribution in [0, 0.1) is 0 Å². The van der Waals surface area contributed by atoms with Gasteiger partial charge in [0, 0.05) is 47.5 Å². The molecule has 6 heteroatoms. The molecule has 4 aromatic rings. The number of para-hydroxylation sites is 1. The lowest BCUT2D eigenvalue weighted by molar-refractivity contribution is -0.131. The van der Waals surface area contributed by atoms with Gasteiger partial charge in [-0.25, -0.2) is 0 Å². The Morgan fingerprint density at radius 2 is 1.58 bits per heavy atom. The van der Waals surface area contributed by atoms with E-state index in [0.717, 1.165) is 27.4 Å². The Labute approximate surface area is 192 Å². The Balaban J connectivity index is 1.55. The third-order valence-electron chi connectivity index (χ3n) is 6.06. The Hall–Kier alpha value is -3.90. The Kier molecular flexibility index (Phi) is 5.67. The number of hydrogen-bond acceptors (Lipinski definition) is 3. The molecule has 3 aromatic carbocycles. The summed E-state index contributed by atoms with van der Waals surface area (Å²) in [5, 5.41) is 5.11. The van der Waals surface area contributed by atoms with Gasteiger partial charge in [0.1, 0.15) is 5.70 Å². The van der Waals surface area contributed by atoms with Crippen LogP contribution in [-0.2, 0) is 16.6 Å². The van der Waals surface area contributed by atoms with Gasteiger partial charge in [-0.05, 0) is 42.0 Å². The normalized spacial score (nSPS) is 14.6. The van der Waals surface area contributed by atoms with Crippen molar-refractivity contribution < 1.29 is 14.3 Å². The molecule has 5 rings (SSSR count). The van der Waals surface area contributed by atoms with E-state index < -0.39 is 0 Å². The fourth-order valence-corrected chi connectivity index (χ4v) is 4.31. The number of carbonyl (C=O) groups excluding carboxylic acids is 2. The molecule has 6 nitrogen and oxygen atoms in total. The van der Waals surface area contributed by atoms with E-state index in [1.54, 1.807) is 35.2 Å². The van der Waals surface area contributed by atoms with Crippen LogP contribution in [0.2, 0.25) is 0 Å². The Morgan fingerprint density at radius 3 is 2.36 bits per heavy atom. The summed E-state index contributed by atoms with van der Waals surface area (Å²) < 4.78 is 7.55. The molecule has 0 bridgehead atoms. The first-order valence-corrected chi connectivity index (χ1v) is 11.0. The summed E-state index contributed by atoms with van der Waals surface area (Å²) in [5.41, 5.74) is 3.87. The van der Waals surface area contributed by atoms with Crippen molar-refractivity contribution in [3.63, 3.8) is 0 Å². The lowest BCUT2D eigenvalue weighted by Gasteiger charge is -2.27. The minimum atomic E-state index is -0.310. The largest absolute Gasteiger partial charge is 0.378 e. The average molecular weight is 440 g/mol. The maximum Gasteiger partial charge on any atom is 0.270 e. The molecule has 2 heterocycles. The van der Waals surface area contributed by atoms with E-state index >= 15 is 0 Å². The first-order valence-electron chi connectivity index (χ1n) is 11.0. The fraction of sp³-hybridized carbons (Fsp3) is 0.185. The van der Waals surface area contributed by atoms with E-state index in [0.29, 0.717) is 31.9 Å².